The summed E-state index contributed by atoms with van der Waals surface area (Å²) >= 11 is 0. The molecule has 0 saturated carbocycles. The van der Waals surface area contributed by atoms with Gasteiger partial charge in [-0.25, -0.2) is 0 Å². The smallest absolute Gasteiger partial charge is 0.261 e. The monoisotopic (exact) mass is 387 g/mol. The highest BCUT2D eigenvalue weighted by Crippen LogP contribution is 2.32. The molecule has 1 aromatic rings. The minimum Gasteiger partial charge on any atom is -0.379 e. The molecule has 1 unspecified atom stereocenters. The van der Waals surface area contributed by atoms with Gasteiger partial charge in [-0.15, -0.1) is 0 Å². The van der Waals surface area contributed by atoms with E-state index in [1.165, 1.54) is 0 Å². The van der Waals surface area contributed by atoms with Gasteiger partial charge in [-0.1, -0.05) is 18.2 Å². The third kappa shape index (κ3) is 4.06. The van der Waals surface area contributed by atoms with Crippen LogP contribution in [0.1, 0.15) is 19.3 Å². The van der Waals surface area contributed by atoms with Crippen LogP contribution in [0.15, 0.2) is 30.3 Å². The van der Waals surface area contributed by atoms with Crippen molar-refractivity contribution in [2.45, 2.75) is 24.9 Å². The van der Waals surface area contributed by atoms with Gasteiger partial charge in [0.1, 0.15) is 0 Å². The molecule has 0 aromatic heterocycles. The van der Waals surface area contributed by atoms with Gasteiger partial charge in [0.15, 0.2) is 5.60 Å². The van der Waals surface area contributed by atoms with Crippen molar-refractivity contribution in [2.24, 2.45) is 0 Å². The zero-order valence-electron chi connectivity index (χ0n) is 16.3. The van der Waals surface area contributed by atoms with E-state index < -0.39 is 5.60 Å². The van der Waals surface area contributed by atoms with E-state index in [1.807, 2.05) is 40.1 Å². The number of rotatable bonds is 3. The maximum absolute atomic E-state index is 13.5. The second kappa shape index (κ2) is 8.59. The highest BCUT2D eigenvalue weighted by molar-refractivity contribution is 6.00. The van der Waals surface area contributed by atoms with Crippen LogP contribution in [0.5, 0.6) is 0 Å². The second-order valence-electron chi connectivity index (χ2n) is 7.80. The van der Waals surface area contributed by atoms with E-state index in [2.05, 4.69) is 4.90 Å². The third-order valence-electron chi connectivity index (χ3n) is 5.92. The highest BCUT2D eigenvalue weighted by atomic mass is 16.5. The Kier molecular flexibility index (Phi) is 5.94. The maximum Gasteiger partial charge on any atom is 0.261 e. The van der Waals surface area contributed by atoms with E-state index in [0.29, 0.717) is 52.4 Å². The van der Waals surface area contributed by atoms with Gasteiger partial charge in [-0.3, -0.25) is 14.5 Å². The molecule has 7 heteroatoms. The molecule has 28 heavy (non-hydrogen) atoms. The number of nitrogens with zero attached hydrogens (tertiary/aromatic N) is 3. The molecule has 3 heterocycles. The van der Waals surface area contributed by atoms with Crippen LogP contribution >= 0.6 is 0 Å². The van der Waals surface area contributed by atoms with Gasteiger partial charge in [-0.2, -0.15) is 0 Å². The summed E-state index contributed by atoms with van der Waals surface area (Å²) in [5.41, 5.74) is -0.0280. The van der Waals surface area contributed by atoms with Crippen molar-refractivity contribution < 1.29 is 19.1 Å². The van der Waals surface area contributed by atoms with Crippen molar-refractivity contribution in [3.8, 4) is 0 Å². The number of anilines is 1. The van der Waals surface area contributed by atoms with Gasteiger partial charge >= 0.3 is 0 Å². The molecule has 152 valence electrons. The van der Waals surface area contributed by atoms with E-state index in [1.54, 1.807) is 0 Å². The van der Waals surface area contributed by atoms with Gasteiger partial charge in [0.2, 0.25) is 5.91 Å². The van der Waals surface area contributed by atoms with Crippen LogP contribution in [0.4, 0.5) is 5.69 Å². The average Bonchev–Trinajstić information content (AvgIpc) is 2.89. The summed E-state index contributed by atoms with van der Waals surface area (Å²) in [5, 5.41) is 0. The van der Waals surface area contributed by atoms with Gasteiger partial charge in [0.25, 0.3) is 5.91 Å². The van der Waals surface area contributed by atoms with Crippen molar-refractivity contribution in [1.29, 1.82) is 0 Å². The molecular weight excluding hydrogens is 358 g/mol. The Hall–Kier alpha value is -1.96. The van der Waals surface area contributed by atoms with Crippen LogP contribution < -0.4 is 4.90 Å². The molecule has 3 aliphatic rings. The third-order valence-corrected chi connectivity index (χ3v) is 5.92. The number of carbonyl (C=O) groups is 2. The van der Waals surface area contributed by atoms with Crippen LogP contribution in [0.25, 0.3) is 0 Å². The first-order valence-electron chi connectivity index (χ1n) is 10.3. The molecule has 4 rings (SSSR count). The Morgan fingerprint density at radius 1 is 1.00 bits per heavy atom. The zero-order valence-corrected chi connectivity index (χ0v) is 16.3. The fraction of sp³-hybridized carbons (Fsp3) is 0.619. The lowest BCUT2D eigenvalue weighted by molar-refractivity contribution is -0.165. The van der Waals surface area contributed by atoms with Gasteiger partial charge < -0.3 is 19.3 Å². The van der Waals surface area contributed by atoms with Crippen LogP contribution in [-0.2, 0) is 19.1 Å². The van der Waals surface area contributed by atoms with Gasteiger partial charge in [0, 0.05) is 31.9 Å². The van der Waals surface area contributed by atoms with Crippen molar-refractivity contribution >= 4 is 17.5 Å². The van der Waals surface area contributed by atoms with Crippen LogP contribution in [0.3, 0.4) is 0 Å². The number of amides is 2. The lowest BCUT2D eigenvalue weighted by atomic mass is 9.94. The SMILES string of the molecule is O=C(CN1CCOCC1)N1CCOC2(CCCCN(c3ccccc3)C2=O)C1. The lowest BCUT2D eigenvalue weighted by Gasteiger charge is -2.43. The topological polar surface area (TPSA) is 62.3 Å². The largest absolute Gasteiger partial charge is 0.379 e. The maximum atomic E-state index is 13.5. The van der Waals surface area contributed by atoms with E-state index in [0.717, 1.165) is 31.6 Å². The number of carbonyl (C=O) groups excluding carboxylic acids is 2. The summed E-state index contributed by atoms with van der Waals surface area (Å²) in [6.07, 6.45) is 2.52. The number of ether oxygens (including phenoxy) is 2. The normalized spacial score (nSPS) is 27.1. The van der Waals surface area contributed by atoms with Crippen LogP contribution in [0.2, 0.25) is 0 Å². The highest BCUT2D eigenvalue weighted by Gasteiger charge is 2.48. The van der Waals surface area contributed by atoms with Crippen molar-refractivity contribution in [3.05, 3.63) is 30.3 Å². The average molecular weight is 387 g/mol. The number of hydrogen-bond donors (Lipinski definition) is 0. The molecule has 0 aliphatic carbocycles. The molecule has 3 aliphatic heterocycles. The first kappa shape index (κ1) is 19.4. The Morgan fingerprint density at radius 3 is 2.57 bits per heavy atom. The minimum absolute atomic E-state index is 0.0138. The van der Waals surface area contributed by atoms with E-state index in [-0.39, 0.29) is 11.8 Å². The summed E-state index contributed by atoms with van der Waals surface area (Å²) in [4.78, 5) is 32.2. The summed E-state index contributed by atoms with van der Waals surface area (Å²) in [7, 11) is 0. The van der Waals surface area contributed by atoms with Gasteiger partial charge in [0.05, 0.1) is 32.9 Å². The second-order valence-corrected chi connectivity index (χ2v) is 7.80. The zero-order chi connectivity index (χ0) is 19.4. The molecule has 3 fully saturated rings. The summed E-state index contributed by atoms with van der Waals surface area (Å²) in [6.45, 7) is 5.27. The molecule has 0 N–H and O–H groups in total. The van der Waals surface area contributed by atoms with Crippen molar-refractivity contribution in [2.75, 3.05) is 64.0 Å². The molecule has 3 saturated heterocycles. The molecule has 1 spiro atoms. The standard InChI is InChI=1S/C21H29N3O4/c25-19(16-22-10-13-27-14-11-22)23-12-15-28-21(17-23)8-4-5-9-24(20(21)26)18-6-2-1-3-7-18/h1-3,6-7H,4-5,8-17H2. The van der Waals surface area contributed by atoms with Crippen molar-refractivity contribution in [3.63, 3.8) is 0 Å². The lowest BCUT2D eigenvalue weighted by Crippen LogP contribution is -2.62. The number of hydrogen-bond acceptors (Lipinski definition) is 5. The molecule has 2 amide bonds. The molecule has 0 bridgehead atoms. The fourth-order valence-electron chi connectivity index (χ4n) is 4.32. The molecule has 1 aromatic carbocycles. The number of para-hydroxylation sites is 1. The van der Waals surface area contributed by atoms with E-state index in [9.17, 15) is 9.59 Å². The predicted octanol–water partition coefficient (Wildman–Crippen LogP) is 1.13. The fourth-order valence-corrected chi connectivity index (χ4v) is 4.32. The first-order valence-corrected chi connectivity index (χ1v) is 10.3. The summed E-state index contributed by atoms with van der Waals surface area (Å²) in [5.74, 6) is 0.0629. The Bertz CT molecular complexity index is 692. The Morgan fingerprint density at radius 2 is 1.79 bits per heavy atom. The molecule has 0 radical (unpaired) electrons. The van der Waals surface area contributed by atoms with Crippen LogP contribution in [-0.4, -0.2) is 86.3 Å². The van der Waals surface area contributed by atoms with E-state index in [4.69, 9.17) is 9.47 Å². The Balaban J connectivity index is 1.49. The Labute approximate surface area is 166 Å². The first-order chi connectivity index (χ1) is 13.7. The van der Waals surface area contributed by atoms with Crippen molar-refractivity contribution in [1.82, 2.24) is 9.80 Å². The summed E-state index contributed by atoms with van der Waals surface area (Å²) < 4.78 is 11.5. The number of morpholine rings is 2. The molecule has 7 nitrogen and oxygen atoms in total. The number of benzene rings is 1. The molecule has 1 atom stereocenters. The molecular formula is C21H29N3O4. The van der Waals surface area contributed by atoms with Gasteiger partial charge in [-0.05, 0) is 31.4 Å². The summed E-state index contributed by atoms with van der Waals surface area (Å²) in [6, 6.07) is 9.76. The quantitative estimate of drug-likeness (QED) is 0.778. The van der Waals surface area contributed by atoms with E-state index >= 15 is 0 Å². The van der Waals surface area contributed by atoms with Crippen LogP contribution in [0, 0.1) is 0 Å². The minimum atomic E-state index is -0.925. The predicted molar refractivity (Wildman–Crippen MR) is 105 cm³/mol.